The highest BCUT2D eigenvalue weighted by Gasteiger charge is 2.54. The van der Waals surface area contributed by atoms with E-state index in [4.69, 9.17) is 0 Å². The largest absolute Gasteiger partial charge is 0.268 e. The third-order valence-electron chi connectivity index (χ3n) is 9.49. The lowest BCUT2D eigenvalue weighted by molar-refractivity contribution is 0.326. The number of piperidine rings is 1. The molecule has 0 radical (unpaired) electrons. The number of rotatable bonds is 7. The maximum atomic E-state index is 2.88. The van der Waals surface area contributed by atoms with Crippen LogP contribution in [-0.4, -0.2) is 52.2 Å². The Hall–Kier alpha value is -2.89. The van der Waals surface area contributed by atoms with Crippen molar-refractivity contribution in [3.05, 3.63) is 144 Å². The van der Waals surface area contributed by atoms with Gasteiger partial charge in [-0.25, -0.2) is 0 Å². The normalized spacial score (nSPS) is 26.1. The van der Waals surface area contributed by atoms with Crippen LogP contribution < -0.4 is 0 Å². The Morgan fingerprint density at radius 2 is 0.659 bits per heavy atom. The lowest BCUT2D eigenvalue weighted by Crippen LogP contribution is -2.53. The summed E-state index contributed by atoms with van der Waals surface area (Å²) in [6, 6.07) is 45.3. The zero-order valence-electron chi connectivity index (χ0n) is 24.0. The van der Waals surface area contributed by atoms with Crippen molar-refractivity contribution in [3.63, 3.8) is 0 Å². The van der Waals surface area contributed by atoms with Crippen molar-refractivity contribution in [3.8, 4) is 0 Å². The van der Waals surface area contributed by atoms with Crippen molar-refractivity contribution >= 4 is 11.5 Å². The first-order valence-electron chi connectivity index (χ1n) is 15.5. The molecule has 210 valence electrons. The molecular weight excluding hydrogens is 518 g/mol. The zero-order chi connectivity index (χ0) is 27.4. The summed E-state index contributed by atoms with van der Waals surface area (Å²) in [5.41, 5.74) is 5.93. The fourth-order valence-corrected chi connectivity index (χ4v) is 10.2. The molecule has 4 aromatic rings. The summed E-state index contributed by atoms with van der Waals surface area (Å²) < 4.78 is 8.63. The van der Waals surface area contributed by atoms with Crippen LogP contribution in [0.1, 0.15) is 65.2 Å². The average molecular weight is 561 g/mol. The average Bonchev–Trinajstić information content (AvgIpc) is 3.69. The Morgan fingerprint density at radius 1 is 0.366 bits per heavy atom. The number of nitrogens with zero attached hydrogens (tertiary/aromatic N) is 3. The topological polar surface area (TPSA) is 9.72 Å². The molecular formula is C37H42N3S+. The van der Waals surface area contributed by atoms with Crippen molar-refractivity contribution in [2.24, 2.45) is 0 Å². The molecule has 3 heterocycles. The zero-order valence-corrected chi connectivity index (χ0v) is 24.8. The predicted octanol–water partition coefficient (Wildman–Crippen LogP) is 7.60. The molecule has 0 spiro atoms. The van der Waals surface area contributed by atoms with Gasteiger partial charge in [0.2, 0.25) is 0 Å². The molecule has 0 aliphatic carbocycles. The van der Waals surface area contributed by atoms with Gasteiger partial charge in [0.05, 0.1) is 26.2 Å². The molecule has 0 unspecified atom stereocenters. The van der Waals surface area contributed by atoms with Gasteiger partial charge in [-0.1, -0.05) is 141 Å². The van der Waals surface area contributed by atoms with Gasteiger partial charge >= 0.3 is 0 Å². The SMILES string of the molecule is c1ccc([C@@H]2CN([S+](N3CCCCC3)N3C[C@@H](c4ccccc4)[C@H](c4ccccc4)C3)C[C@H]2c2ccccc2)cc1. The minimum absolute atomic E-state index is 0.0395. The van der Waals surface area contributed by atoms with Crippen LogP contribution in [0.15, 0.2) is 121 Å². The van der Waals surface area contributed by atoms with Gasteiger partial charge in [-0.2, -0.15) is 0 Å². The van der Waals surface area contributed by atoms with Crippen molar-refractivity contribution < 1.29 is 0 Å². The van der Waals surface area contributed by atoms with Gasteiger partial charge in [-0.3, -0.25) is 0 Å². The van der Waals surface area contributed by atoms with Gasteiger partial charge in [0.1, 0.15) is 0 Å². The summed E-state index contributed by atoms with van der Waals surface area (Å²) in [5.74, 6) is 2.04. The summed E-state index contributed by atoms with van der Waals surface area (Å²) in [7, 11) is 0. The van der Waals surface area contributed by atoms with Crippen molar-refractivity contribution in [2.45, 2.75) is 42.9 Å². The summed E-state index contributed by atoms with van der Waals surface area (Å²) in [4.78, 5) is 0. The van der Waals surface area contributed by atoms with E-state index in [1.807, 2.05) is 0 Å². The number of hydrogen-bond donors (Lipinski definition) is 0. The molecule has 41 heavy (non-hydrogen) atoms. The standard InChI is InChI=1S/C37H42N3S/c1-6-16-30(17-7-1)34-26-39(27-35(34)31-18-8-2-9-19-31)41(38-24-14-5-15-25-38)40-28-36(32-20-10-3-11-21-32)37(29-40)33-22-12-4-13-23-33/h1-4,6-13,16-23,34-37H,5,14-15,24-29H2/q+1/t34-,35-,36-,37-/m0/s1. The Balaban J connectivity index is 1.24. The molecule has 3 aliphatic rings. The lowest BCUT2D eigenvalue weighted by Gasteiger charge is -2.32. The Kier molecular flexibility index (Phi) is 8.25. The van der Waals surface area contributed by atoms with E-state index in [1.165, 1.54) is 54.6 Å². The van der Waals surface area contributed by atoms with Gasteiger partial charge in [-0.15, -0.1) is 0 Å². The molecule has 3 fully saturated rings. The summed E-state index contributed by atoms with van der Waals surface area (Å²) in [6.45, 7) is 6.90. The fourth-order valence-electron chi connectivity index (χ4n) is 7.47. The second kappa shape index (κ2) is 12.5. The van der Waals surface area contributed by atoms with E-state index in [9.17, 15) is 0 Å². The number of benzene rings is 4. The van der Waals surface area contributed by atoms with Crippen LogP contribution in [0.2, 0.25) is 0 Å². The highest BCUT2D eigenvalue weighted by atomic mass is 32.2. The third-order valence-corrected chi connectivity index (χ3v) is 11.8. The quantitative estimate of drug-likeness (QED) is 0.216. The third kappa shape index (κ3) is 5.76. The van der Waals surface area contributed by atoms with Crippen molar-refractivity contribution in [1.29, 1.82) is 0 Å². The molecule has 0 N–H and O–H groups in total. The summed E-state index contributed by atoms with van der Waals surface area (Å²) in [5, 5.41) is 0. The minimum Gasteiger partial charge on any atom is -0.0881 e. The molecule has 4 atom stereocenters. The van der Waals surface area contributed by atoms with Crippen molar-refractivity contribution in [2.75, 3.05) is 39.3 Å². The van der Waals surface area contributed by atoms with Gasteiger partial charge in [0.25, 0.3) is 11.5 Å². The molecule has 0 amide bonds. The molecule has 3 saturated heterocycles. The van der Waals surface area contributed by atoms with Crippen molar-refractivity contribution in [1.82, 2.24) is 12.9 Å². The van der Waals surface area contributed by atoms with Gasteiger partial charge < -0.3 is 0 Å². The summed E-state index contributed by atoms with van der Waals surface area (Å²) >= 11 is -0.0395. The highest BCUT2D eigenvalue weighted by molar-refractivity contribution is 7.90. The Bertz CT molecular complexity index is 1170. The van der Waals surface area contributed by atoms with E-state index >= 15 is 0 Å². The van der Waals surface area contributed by atoms with Crippen LogP contribution >= 0.6 is 0 Å². The van der Waals surface area contributed by atoms with Crippen LogP contribution in [0.5, 0.6) is 0 Å². The Morgan fingerprint density at radius 3 is 0.951 bits per heavy atom. The van der Waals surface area contributed by atoms with E-state index in [0.717, 1.165) is 26.2 Å². The first-order chi connectivity index (χ1) is 20.3. The second-order valence-corrected chi connectivity index (χ2v) is 14.0. The predicted molar refractivity (Wildman–Crippen MR) is 173 cm³/mol. The molecule has 4 heteroatoms. The Labute approximate surface area is 249 Å². The molecule has 3 aliphatic heterocycles. The molecule has 0 saturated carbocycles. The lowest BCUT2D eigenvalue weighted by atomic mass is 9.84. The maximum absolute atomic E-state index is 2.88. The smallest absolute Gasteiger partial charge is 0.0881 e. The van der Waals surface area contributed by atoms with Crippen LogP contribution in [0, 0.1) is 0 Å². The van der Waals surface area contributed by atoms with Gasteiger partial charge in [0.15, 0.2) is 0 Å². The van der Waals surface area contributed by atoms with Gasteiger partial charge in [-0.05, 0) is 35.1 Å². The molecule has 0 aromatic heterocycles. The van der Waals surface area contributed by atoms with Crippen LogP contribution in [0.25, 0.3) is 0 Å². The van der Waals surface area contributed by atoms with E-state index in [2.05, 4.69) is 134 Å². The van der Waals surface area contributed by atoms with Crippen LogP contribution in [-0.2, 0) is 11.5 Å². The van der Waals surface area contributed by atoms with Crippen LogP contribution in [0.3, 0.4) is 0 Å². The van der Waals surface area contributed by atoms with E-state index in [1.54, 1.807) is 0 Å². The monoisotopic (exact) mass is 560 g/mol. The van der Waals surface area contributed by atoms with E-state index < -0.39 is 0 Å². The summed E-state index contributed by atoms with van der Waals surface area (Å²) in [6.07, 6.45) is 4.01. The first-order valence-corrected chi connectivity index (χ1v) is 16.6. The minimum atomic E-state index is -0.0395. The molecule has 4 aromatic carbocycles. The first kappa shape index (κ1) is 27.0. The number of hydrogen-bond acceptors (Lipinski definition) is 3. The maximum Gasteiger partial charge on any atom is 0.268 e. The van der Waals surface area contributed by atoms with E-state index in [0.29, 0.717) is 23.7 Å². The molecule has 3 nitrogen and oxygen atoms in total. The highest BCUT2D eigenvalue weighted by Crippen LogP contribution is 2.46. The second-order valence-electron chi connectivity index (χ2n) is 12.0. The van der Waals surface area contributed by atoms with Gasteiger partial charge in [0, 0.05) is 36.8 Å². The van der Waals surface area contributed by atoms with E-state index in [-0.39, 0.29) is 11.5 Å². The fraction of sp³-hybridized carbons (Fsp3) is 0.351. The molecule has 7 rings (SSSR count). The van der Waals surface area contributed by atoms with Crippen LogP contribution in [0.4, 0.5) is 0 Å². The molecule has 0 bridgehead atoms.